The van der Waals surface area contributed by atoms with Crippen molar-refractivity contribution in [3.63, 3.8) is 0 Å². The van der Waals surface area contributed by atoms with E-state index in [0.717, 1.165) is 10.9 Å². The van der Waals surface area contributed by atoms with Crippen LogP contribution in [-0.2, 0) is 14.3 Å². The molecule has 0 saturated heterocycles. The Bertz CT molecular complexity index is 718. The number of aromatic amines is 1. The van der Waals surface area contributed by atoms with Crippen LogP contribution in [0.2, 0.25) is 0 Å². The summed E-state index contributed by atoms with van der Waals surface area (Å²) in [4.78, 5) is 25.6. The lowest BCUT2D eigenvalue weighted by atomic mass is 10.1. The topological polar surface area (TPSA) is 68.4 Å². The SMILES string of the molecule is COC(=O)CC#Cc1ccc2[nH]cc(C(=O)OC)c2c1. The number of fused-ring (bicyclic) bond motifs is 1. The first kappa shape index (κ1) is 13.7. The fourth-order valence-corrected chi connectivity index (χ4v) is 1.77. The van der Waals surface area contributed by atoms with Gasteiger partial charge in [-0.25, -0.2) is 4.79 Å². The minimum absolute atomic E-state index is 0.0333. The number of hydrogen-bond donors (Lipinski definition) is 1. The molecule has 0 bridgehead atoms. The monoisotopic (exact) mass is 271 g/mol. The maximum Gasteiger partial charge on any atom is 0.340 e. The number of benzene rings is 1. The second kappa shape index (κ2) is 5.93. The molecular formula is C15H13NO4. The summed E-state index contributed by atoms with van der Waals surface area (Å²) in [5.74, 6) is 4.79. The summed E-state index contributed by atoms with van der Waals surface area (Å²) >= 11 is 0. The molecule has 0 aliphatic heterocycles. The summed E-state index contributed by atoms with van der Waals surface area (Å²) in [6, 6.07) is 5.41. The van der Waals surface area contributed by atoms with Crippen molar-refractivity contribution in [1.82, 2.24) is 4.98 Å². The third-order valence-electron chi connectivity index (χ3n) is 2.78. The van der Waals surface area contributed by atoms with Crippen LogP contribution in [0.15, 0.2) is 24.4 Å². The van der Waals surface area contributed by atoms with Gasteiger partial charge >= 0.3 is 11.9 Å². The zero-order valence-electron chi connectivity index (χ0n) is 11.1. The first-order valence-corrected chi connectivity index (χ1v) is 5.91. The second-order valence-corrected chi connectivity index (χ2v) is 4.01. The maximum atomic E-state index is 11.6. The Morgan fingerprint density at radius 1 is 1.25 bits per heavy atom. The van der Waals surface area contributed by atoms with Gasteiger partial charge in [-0.05, 0) is 18.2 Å². The maximum absolute atomic E-state index is 11.6. The Morgan fingerprint density at radius 2 is 2.05 bits per heavy atom. The van der Waals surface area contributed by atoms with Gasteiger partial charge in [0, 0.05) is 22.7 Å². The average Bonchev–Trinajstić information content (AvgIpc) is 2.89. The molecule has 0 aliphatic rings. The number of carbonyl (C=O) groups is 2. The molecule has 1 aromatic heterocycles. The highest BCUT2D eigenvalue weighted by molar-refractivity contribution is 6.04. The molecule has 5 nitrogen and oxygen atoms in total. The summed E-state index contributed by atoms with van der Waals surface area (Å²) in [6.07, 6.45) is 1.63. The van der Waals surface area contributed by atoms with Crippen molar-refractivity contribution in [1.29, 1.82) is 0 Å². The van der Waals surface area contributed by atoms with Crippen LogP contribution < -0.4 is 0 Å². The first-order valence-electron chi connectivity index (χ1n) is 5.91. The number of hydrogen-bond acceptors (Lipinski definition) is 4. The van der Waals surface area contributed by atoms with E-state index in [2.05, 4.69) is 21.6 Å². The van der Waals surface area contributed by atoms with Crippen LogP contribution in [0, 0.1) is 11.8 Å². The highest BCUT2D eigenvalue weighted by Gasteiger charge is 2.12. The van der Waals surface area contributed by atoms with Crippen molar-refractivity contribution in [3.05, 3.63) is 35.5 Å². The largest absolute Gasteiger partial charge is 0.468 e. The molecule has 1 N–H and O–H groups in total. The fourth-order valence-electron chi connectivity index (χ4n) is 1.77. The molecule has 1 aromatic carbocycles. The minimum atomic E-state index is -0.407. The van der Waals surface area contributed by atoms with E-state index in [4.69, 9.17) is 4.74 Å². The van der Waals surface area contributed by atoms with Gasteiger partial charge in [-0.15, -0.1) is 0 Å². The first-order chi connectivity index (χ1) is 9.65. The second-order valence-electron chi connectivity index (χ2n) is 4.01. The molecule has 2 aromatic rings. The van der Waals surface area contributed by atoms with Gasteiger partial charge in [0.25, 0.3) is 0 Å². The van der Waals surface area contributed by atoms with Gasteiger partial charge in [0.15, 0.2) is 0 Å². The molecule has 1 heterocycles. The Morgan fingerprint density at radius 3 is 2.75 bits per heavy atom. The van der Waals surface area contributed by atoms with E-state index < -0.39 is 5.97 Å². The highest BCUT2D eigenvalue weighted by Crippen LogP contribution is 2.20. The predicted molar refractivity (Wildman–Crippen MR) is 73.1 cm³/mol. The lowest BCUT2D eigenvalue weighted by Gasteiger charge is -1.97. The molecule has 5 heteroatoms. The Labute approximate surface area is 115 Å². The van der Waals surface area contributed by atoms with Crippen molar-refractivity contribution in [3.8, 4) is 11.8 Å². The van der Waals surface area contributed by atoms with Gasteiger partial charge in [0.2, 0.25) is 0 Å². The molecule has 2 rings (SSSR count). The molecule has 0 saturated carbocycles. The number of ether oxygens (including phenoxy) is 2. The van der Waals surface area contributed by atoms with Crippen molar-refractivity contribution >= 4 is 22.8 Å². The van der Waals surface area contributed by atoms with Crippen LogP contribution in [0.4, 0.5) is 0 Å². The third kappa shape index (κ3) is 2.81. The van der Waals surface area contributed by atoms with Crippen molar-refractivity contribution < 1.29 is 19.1 Å². The summed E-state index contributed by atoms with van der Waals surface area (Å²) < 4.78 is 9.22. The van der Waals surface area contributed by atoms with Crippen LogP contribution in [-0.4, -0.2) is 31.1 Å². The van der Waals surface area contributed by atoms with E-state index >= 15 is 0 Å². The van der Waals surface area contributed by atoms with Gasteiger partial charge in [-0.3, -0.25) is 4.79 Å². The van der Waals surface area contributed by atoms with Crippen molar-refractivity contribution in [2.24, 2.45) is 0 Å². The summed E-state index contributed by atoms with van der Waals surface area (Å²) in [5.41, 5.74) is 1.99. The number of H-pyrrole nitrogens is 1. The number of carbonyl (C=O) groups excluding carboxylic acids is 2. The lowest BCUT2D eigenvalue weighted by Crippen LogP contribution is -1.99. The molecule has 102 valence electrons. The van der Waals surface area contributed by atoms with E-state index in [1.54, 1.807) is 12.3 Å². The molecule has 0 radical (unpaired) electrons. The zero-order chi connectivity index (χ0) is 14.5. The smallest absolute Gasteiger partial charge is 0.340 e. The van der Waals surface area contributed by atoms with E-state index in [0.29, 0.717) is 11.1 Å². The number of esters is 2. The van der Waals surface area contributed by atoms with Crippen LogP contribution in [0.3, 0.4) is 0 Å². The van der Waals surface area contributed by atoms with E-state index in [-0.39, 0.29) is 12.4 Å². The third-order valence-corrected chi connectivity index (χ3v) is 2.78. The summed E-state index contributed by atoms with van der Waals surface area (Å²) in [6.45, 7) is 0. The minimum Gasteiger partial charge on any atom is -0.468 e. The number of nitrogens with one attached hydrogen (secondary N) is 1. The zero-order valence-corrected chi connectivity index (χ0v) is 11.1. The Hall–Kier alpha value is -2.74. The van der Waals surface area contributed by atoms with Gasteiger partial charge in [-0.2, -0.15) is 0 Å². The number of methoxy groups -OCH3 is 2. The Kier molecular flexibility index (Phi) is 4.06. The van der Waals surface area contributed by atoms with Crippen LogP contribution in [0.25, 0.3) is 10.9 Å². The normalized spacial score (nSPS) is 9.70. The van der Waals surface area contributed by atoms with E-state index in [9.17, 15) is 9.59 Å². The van der Waals surface area contributed by atoms with Crippen LogP contribution in [0.5, 0.6) is 0 Å². The predicted octanol–water partition coefficient (Wildman–Crippen LogP) is 1.87. The van der Waals surface area contributed by atoms with Gasteiger partial charge < -0.3 is 14.5 Å². The highest BCUT2D eigenvalue weighted by atomic mass is 16.5. The summed E-state index contributed by atoms with van der Waals surface area (Å²) in [5, 5.41) is 0.738. The molecule has 0 atom stereocenters. The van der Waals surface area contributed by atoms with Gasteiger partial charge in [0.1, 0.15) is 6.42 Å². The quantitative estimate of drug-likeness (QED) is 0.668. The Balaban J connectivity index is 2.32. The summed E-state index contributed by atoms with van der Waals surface area (Å²) in [7, 11) is 2.65. The van der Waals surface area contributed by atoms with Crippen LogP contribution in [0.1, 0.15) is 22.3 Å². The molecule has 20 heavy (non-hydrogen) atoms. The molecule has 0 amide bonds. The van der Waals surface area contributed by atoms with Gasteiger partial charge in [-0.1, -0.05) is 11.8 Å². The van der Waals surface area contributed by atoms with Gasteiger partial charge in [0.05, 0.1) is 19.8 Å². The van der Waals surface area contributed by atoms with Crippen molar-refractivity contribution in [2.75, 3.05) is 14.2 Å². The number of rotatable bonds is 2. The molecule has 0 unspecified atom stereocenters. The fraction of sp³-hybridized carbons (Fsp3) is 0.200. The molecular weight excluding hydrogens is 258 g/mol. The average molecular weight is 271 g/mol. The van der Waals surface area contributed by atoms with E-state index in [1.165, 1.54) is 14.2 Å². The molecule has 0 aliphatic carbocycles. The standard InChI is InChI=1S/C15H13NO4/c1-19-14(17)5-3-4-10-6-7-13-11(8-10)12(9-16-13)15(18)20-2/h6-9,16H,5H2,1-2H3. The molecule has 0 fully saturated rings. The number of aromatic nitrogens is 1. The van der Waals surface area contributed by atoms with E-state index in [1.807, 2.05) is 12.1 Å². The molecule has 0 spiro atoms. The lowest BCUT2D eigenvalue weighted by molar-refractivity contribution is -0.139. The van der Waals surface area contributed by atoms with Crippen molar-refractivity contribution in [2.45, 2.75) is 6.42 Å². The van der Waals surface area contributed by atoms with Crippen LogP contribution >= 0.6 is 0 Å².